The van der Waals surface area contributed by atoms with E-state index in [1.54, 1.807) is 0 Å². The lowest BCUT2D eigenvalue weighted by molar-refractivity contribution is -0.00000697. The number of rotatable bonds is 23. The second-order valence-corrected chi connectivity index (χ2v) is 10.0. The molecule has 0 bridgehead atoms. The summed E-state index contributed by atoms with van der Waals surface area (Å²) in [6.45, 7) is 9.46. The van der Waals surface area contributed by atoms with Gasteiger partial charge in [-0.3, -0.25) is 0 Å². The van der Waals surface area contributed by atoms with E-state index in [1.165, 1.54) is 148 Å². The number of hydrogen-bond donors (Lipinski definition) is 0. The Bertz CT molecular complexity index is 365. The van der Waals surface area contributed by atoms with Gasteiger partial charge in [0.05, 0.1) is 0 Å². The molecule has 0 N–H and O–H groups in total. The van der Waals surface area contributed by atoms with Crippen molar-refractivity contribution in [1.82, 2.24) is 9.80 Å². The average molecular weight is 515 g/mol. The molecule has 32 heavy (non-hydrogen) atoms. The Morgan fingerprint density at radius 3 is 1.00 bits per heavy atom. The Morgan fingerprint density at radius 2 is 0.719 bits per heavy atom. The van der Waals surface area contributed by atoms with Crippen LogP contribution in [0.2, 0.25) is 0 Å². The molecule has 0 aromatic rings. The zero-order valence-electron chi connectivity index (χ0n) is 22.3. The smallest absolute Gasteiger partial charge is 0.100 e. The van der Waals surface area contributed by atoms with Gasteiger partial charge >= 0.3 is 0 Å². The molecule has 1 rings (SSSR count). The van der Waals surface area contributed by atoms with Gasteiger partial charge in [0.1, 0.15) is 6.17 Å². The first-order valence-corrected chi connectivity index (χ1v) is 14.5. The minimum Gasteiger partial charge on any atom is -1.00 e. The van der Waals surface area contributed by atoms with Gasteiger partial charge in [-0.15, -0.1) is 0 Å². The van der Waals surface area contributed by atoms with Crippen LogP contribution in [0, 0.1) is 0 Å². The zero-order chi connectivity index (χ0) is 22.4. The van der Waals surface area contributed by atoms with Crippen molar-refractivity contribution >= 4 is 0 Å². The second kappa shape index (κ2) is 24.0. The third-order valence-corrected chi connectivity index (χ3v) is 7.12. The maximum Gasteiger partial charge on any atom is 0.100 e. The van der Waals surface area contributed by atoms with Crippen LogP contribution in [0.1, 0.15) is 156 Å². The minimum absolute atomic E-state index is 0. The normalized spacial score (nSPS) is 13.8. The van der Waals surface area contributed by atoms with Crippen molar-refractivity contribution in [1.29, 1.82) is 0 Å². The van der Waals surface area contributed by atoms with Gasteiger partial charge in [-0.1, -0.05) is 136 Å². The first-order chi connectivity index (χ1) is 15.3. The largest absolute Gasteiger partial charge is 1.00 e. The van der Waals surface area contributed by atoms with Crippen LogP contribution in [-0.2, 0) is 0 Å². The summed E-state index contributed by atoms with van der Waals surface area (Å²) in [5.74, 6) is 0. The van der Waals surface area contributed by atoms with Crippen LogP contribution in [0.3, 0.4) is 0 Å². The highest BCUT2D eigenvalue weighted by molar-refractivity contribution is 4.96. The van der Waals surface area contributed by atoms with E-state index in [2.05, 4.69) is 43.0 Å². The SMILES string of the molecule is CCCCCCCCCCCCN1C=CN(CCCCCCCCCCCC)C1CC.[Br-]. The lowest BCUT2D eigenvalue weighted by Crippen LogP contribution is -3.00. The number of nitrogens with zero attached hydrogens (tertiary/aromatic N) is 2. The second-order valence-electron chi connectivity index (χ2n) is 10.0. The van der Waals surface area contributed by atoms with Crippen molar-refractivity contribution in [2.75, 3.05) is 13.1 Å². The third-order valence-electron chi connectivity index (χ3n) is 7.12. The van der Waals surface area contributed by atoms with Crippen molar-refractivity contribution in [3.63, 3.8) is 0 Å². The summed E-state index contributed by atoms with van der Waals surface area (Å²) in [5, 5.41) is 0. The predicted molar refractivity (Wildman–Crippen MR) is 140 cm³/mol. The fourth-order valence-corrected chi connectivity index (χ4v) is 5.04. The van der Waals surface area contributed by atoms with E-state index >= 15 is 0 Å². The number of halogens is 1. The molecule has 2 nitrogen and oxygen atoms in total. The van der Waals surface area contributed by atoms with E-state index in [1.807, 2.05) is 0 Å². The van der Waals surface area contributed by atoms with Crippen LogP contribution < -0.4 is 17.0 Å². The monoisotopic (exact) mass is 513 g/mol. The molecule has 0 aromatic heterocycles. The first-order valence-electron chi connectivity index (χ1n) is 14.5. The summed E-state index contributed by atoms with van der Waals surface area (Å²) in [6, 6.07) is 0. The molecule has 0 radical (unpaired) electrons. The number of unbranched alkanes of at least 4 members (excludes halogenated alkanes) is 18. The highest BCUT2D eigenvalue weighted by Crippen LogP contribution is 2.21. The van der Waals surface area contributed by atoms with Crippen LogP contribution in [0.15, 0.2) is 12.4 Å². The van der Waals surface area contributed by atoms with E-state index in [-0.39, 0.29) is 17.0 Å². The summed E-state index contributed by atoms with van der Waals surface area (Å²) < 4.78 is 0. The predicted octanol–water partition coefficient (Wildman–Crippen LogP) is 6.66. The van der Waals surface area contributed by atoms with Gasteiger partial charge < -0.3 is 26.8 Å². The average Bonchev–Trinajstić information content (AvgIpc) is 3.18. The van der Waals surface area contributed by atoms with Gasteiger partial charge in [0.25, 0.3) is 0 Å². The van der Waals surface area contributed by atoms with Gasteiger partial charge in [0.2, 0.25) is 0 Å². The summed E-state index contributed by atoms with van der Waals surface area (Å²) in [7, 11) is 0. The fourth-order valence-electron chi connectivity index (χ4n) is 5.04. The van der Waals surface area contributed by atoms with Gasteiger partial charge in [0.15, 0.2) is 0 Å². The molecule has 0 fully saturated rings. The molecule has 0 atom stereocenters. The fraction of sp³-hybridized carbons (Fsp3) is 0.931. The first kappa shape index (κ1) is 31.8. The van der Waals surface area contributed by atoms with Crippen molar-refractivity contribution in [3.05, 3.63) is 12.4 Å². The highest BCUT2D eigenvalue weighted by Gasteiger charge is 2.23. The Kier molecular flexibility index (Phi) is 23.8. The molecule has 0 spiro atoms. The quantitative estimate of drug-likeness (QED) is 0.141. The molecular formula is C29H58BrN2-. The van der Waals surface area contributed by atoms with Crippen molar-refractivity contribution < 1.29 is 17.0 Å². The molecule has 0 saturated carbocycles. The lowest BCUT2D eigenvalue weighted by atomic mass is 10.1. The number of hydrogen-bond acceptors (Lipinski definition) is 2. The van der Waals surface area contributed by atoms with E-state index in [0.717, 1.165) is 0 Å². The lowest BCUT2D eigenvalue weighted by Gasteiger charge is -2.32. The van der Waals surface area contributed by atoms with Gasteiger partial charge in [-0.25, -0.2) is 0 Å². The topological polar surface area (TPSA) is 6.48 Å². The van der Waals surface area contributed by atoms with Crippen molar-refractivity contribution in [2.45, 2.75) is 162 Å². The van der Waals surface area contributed by atoms with Crippen molar-refractivity contribution in [2.24, 2.45) is 0 Å². The Hall–Kier alpha value is -0.180. The molecular weight excluding hydrogens is 456 g/mol. The van der Waals surface area contributed by atoms with E-state index in [4.69, 9.17) is 0 Å². The molecule has 1 heterocycles. The summed E-state index contributed by atoms with van der Waals surface area (Å²) in [6.07, 6.45) is 35.2. The molecule has 1 aliphatic rings. The van der Waals surface area contributed by atoms with E-state index in [0.29, 0.717) is 6.17 Å². The van der Waals surface area contributed by atoms with Crippen LogP contribution in [0.4, 0.5) is 0 Å². The van der Waals surface area contributed by atoms with Crippen LogP contribution in [0.25, 0.3) is 0 Å². The zero-order valence-corrected chi connectivity index (χ0v) is 23.9. The Labute approximate surface area is 213 Å². The van der Waals surface area contributed by atoms with Crippen LogP contribution >= 0.6 is 0 Å². The highest BCUT2D eigenvalue weighted by atomic mass is 79.9. The minimum atomic E-state index is 0. The molecule has 1 aliphatic heterocycles. The molecule has 0 amide bonds. The van der Waals surface area contributed by atoms with Crippen LogP contribution in [0.5, 0.6) is 0 Å². The molecule has 0 unspecified atom stereocenters. The molecule has 0 aliphatic carbocycles. The third kappa shape index (κ3) is 16.4. The Balaban J connectivity index is 0.00000961. The standard InChI is InChI=1S/C29H58N2.BrH/c1-4-7-9-11-13-15-17-19-21-23-25-30-27-28-31(29(30)6-3)26-24-22-20-18-16-14-12-10-8-5-2;/h27-29H,4-26H2,1-3H3;1H/p-1. The van der Waals surface area contributed by atoms with Gasteiger partial charge in [-0.2, -0.15) is 0 Å². The van der Waals surface area contributed by atoms with Gasteiger partial charge in [-0.05, 0) is 19.3 Å². The molecule has 0 aromatic carbocycles. The maximum absolute atomic E-state index is 2.61. The molecule has 192 valence electrons. The summed E-state index contributed by atoms with van der Waals surface area (Å²) >= 11 is 0. The van der Waals surface area contributed by atoms with E-state index < -0.39 is 0 Å². The molecule has 0 saturated heterocycles. The van der Waals surface area contributed by atoms with E-state index in [9.17, 15) is 0 Å². The Morgan fingerprint density at radius 1 is 0.438 bits per heavy atom. The van der Waals surface area contributed by atoms with Gasteiger partial charge in [0, 0.05) is 25.5 Å². The molecule has 3 heteroatoms. The van der Waals surface area contributed by atoms with Crippen LogP contribution in [-0.4, -0.2) is 29.1 Å². The summed E-state index contributed by atoms with van der Waals surface area (Å²) in [4.78, 5) is 5.22. The van der Waals surface area contributed by atoms with Crippen molar-refractivity contribution in [3.8, 4) is 0 Å². The summed E-state index contributed by atoms with van der Waals surface area (Å²) in [5.41, 5.74) is 0. The maximum atomic E-state index is 2.61.